The van der Waals surface area contributed by atoms with Gasteiger partial charge in [-0.1, -0.05) is 29.8 Å². The van der Waals surface area contributed by atoms with E-state index >= 15 is 0 Å². The molecule has 64 valence electrons. The average molecular weight is 183 g/mol. The van der Waals surface area contributed by atoms with Gasteiger partial charge in [-0.25, -0.2) is 0 Å². The molecule has 0 fully saturated rings. The van der Waals surface area contributed by atoms with Crippen molar-refractivity contribution < 1.29 is 5.11 Å². The molecule has 0 heterocycles. The smallest absolute Gasteiger partial charge is 0.0615 e. The zero-order chi connectivity index (χ0) is 8.97. The second-order valence-electron chi connectivity index (χ2n) is 2.59. The number of aliphatic hydroxyl groups excluding tert-OH is 1. The van der Waals surface area contributed by atoms with Crippen molar-refractivity contribution in [1.82, 2.24) is 0 Å². The maximum Gasteiger partial charge on any atom is 0.0615 e. The molecule has 0 unspecified atom stereocenters. The number of rotatable bonds is 2. The first kappa shape index (κ1) is 9.30. The van der Waals surface area contributed by atoms with E-state index in [1.807, 2.05) is 31.2 Å². The van der Waals surface area contributed by atoms with Crippen LogP contribution in [0.3, 0.4) is 0 Å². The Labute approximate surface area is 77.3 Å². The number of hydrogen-bond acceptors (Lipinski definition) is 1. The molecule has 12 heavy (non-hydrogen) atoms. The van der Waals surface area contributed by atoms with Gasteiger partial charge in [0.1, 0.15) is 0 Å². The number of benzene rings is 1. The molecule has 1 aromatic rings. The van der Waals surface area contributed by atoms with Gasteiger partial charge in [-0.2, -0.15) is 0 Å². The van der Waals surface area contributed by atoms with Crippen molar-refractivity contribution >= 4 is 17.7 Å². The Kier molecular flexibility index (Phi) is 3.32. The van der Waals surface area contributed by atoms with Crippen LogP contribution in [0.25, 0.3) is 6.08 Å². The lowest BCUT2D eigenvalue weighted by Gasteiger charge is -1.99. The van der Waals surface area contributed by atoms with E-state index in [-0.39, 0.29) is 6.61 Å². The third-order valence-electron chi connectivity index (χ3n) is 1.63. The Morgan fingerprint density at radius 3 is 2.83 bits per heavy atom. The van der Waals surface area contributed by atoms with Gasteiger partial charge in [0.15, 0.2) is 0 Å². The summed E-state index contributed by atoms with van der Waals surface area (Å²) in [5, 5.41) is 9.30. The van der Waals surface area contributed by atoms with E-state index in [0.29, 0.717) is 0 Å². The summed E-state index contributed by atoms with van der Waals surface area (Å²) in [7, 11) is 0. The quantitative estimate of drug-likeness (QED) is 0.746. The first-order chi connectivity index (χ1) is 5.74. The van der Waals surface area contributed by atoms with Crippen molar-refractivity contribution in [1.29, 1.82) is 0 Å². The molecule has 1 N–H and O–H groups in total. The fourth-order valence-corrected chi connectivity index (χ4v) is 1.23. The second-order valence-corrected chi connectivity index (χ2v) is 3.02. The van der Waals surface area contributed by atoms with Gasteiger partial charge in [0.05, 0.1) is 6.61 Å². The van der Waals surface area contributed by atoms with E-state index in [1.165, 1.54) is 0 Å². The van der Waals surface area contributed by atoms with Gasteiger partial charge in [-0.05, 0) is 30.2 Å². The zero-order valence-electron chi connectivity index (χ0n) is 6.92. The molecular weight excluding hydrogens is 172 g/mol. The molecule has 0 aliphatic heterocycles. The van der Waals surface area contributed by atoms with Crippen LogP contribution in [-0.2, 0) is 0 Å². The second kappa shape index (κ2) is 4.29. The van der Waals surface area contributed by atoms with Crippen molar-refractivity contribution in [3.05, 3.63) is 40.4 Å². The van der Waals surface area contributed by atoms with E-state index < -0.39 is 0 Å². The van der Waals surface area contributed by atoms with Crippen LogP contribution in [0.15, 0.2) is 24.3 Å². The molecule has 0 radical (unpaired) electrons. The monoisotopic (exact) mass is 182 g/mol. The molecule has 0 atom stereocenters. The largest absolute Gasteiger partial charge is 0.392 e. The lowest BCUT2D eigenvalue weighted by molar-refractivity contribution is 0.343. The Hall–Kier alpha value is -0.790. The van der Waals surface area contributed by atoms with Gasteiger partial charge in [-0.3, -0.25) is 0 Å². The predicted octanol–water partition coefficient (Wildman–Crippen LogP) is 2.65. The SMILES string of the molecule is Cc1cc(Cl)ccc1/C=C/CO. The minimum atomic E-state index is 0.0715. The maximum absolute atomic E-state index is 8.56. The van der Waals surface area contributed by atoms with Gasteiger partial charge in [0.2, 0.25) is 0 Å². The summed E-state index contributed by atoms with van der Waals surface area (Å²) in [6.07, 6.45) is 3.59. The van der Waals surface area contributed by atoms with Crippen molar-refractivity contribution in [2.45, 2.75) is 6.92 Å². The summed E-state index contributed by atoms with van der Waals surface area (Å²) in [5.41, 5.74) is 2.21. The Morgan fingerprint density at radius 2 is 2.25 bits per heavy atom. The molecule has 0 amide bonds. The van der Waals surface area contributed by atoms with Gasteiger partial charge in [-0.15, -0.1) is 0 Å². The highest BCUT2D eigenvalue weighted by atomic mass is 35.5. The summed E-state index contributed by atoms with van der Waals surface area (Å²) >= 11 is 5.78. The van der Waals surface area contributed by atoms with Crippen molar-refractivity contribution in [2.24, 2.45) is 0 Å². The topological polar surface area (TPSA) is 20.2 Å². The van der Waals surface area contributed by atoms with Gasteiger partial charge >= 0.3 is 0 Å². The maximum atomic E-state index is 8.56. The van der Waals surface area contributed by atoms with Gasteiger partial charge in [0.25, 0.3) is 0 Å². The number of aryl methyl sites for hydroxylation is 1. The predicted molar refractivity (Wildman–Crippen MR) is 52.3 cm³/mol. The van der Waals surface area contributed by atoms with E-state index in [0.717, 1.165) is 16.1 Å². The molecule has 0 bridgehead atoms. The molecule has 1 aromatic carbocycles. The van der Waals surface area contributed by atoms with Crippen LogP contribution in [0.1, 0.15) is 11.1 Å². The highest BCUT2D eigenvalue weighted by molar-refractivity contribution is 6.30. The minimum absolute atomic E-state index is 0.0715. The first-order valence-electron chi connectivity index (χ1n) is 3.77. The van der Waals surface area contributed by atoms with Crippen LogP contribution in [0.2, 0.25) is 5.02 Å². The molecule has 0 aromatic heterocycles. The van der Waals surface area contributed by atoms with Crippen LogP contribution in [0.4, 0.5) is 0 Å². The number of hydrogen-bond donors (Lipinski definition) is 1. The molecule has 1 rings (SSSR count). The van der Waals surface area contributed by atoms with Crippen molar-refractivity contribution in [2.75, 3.05) is 6.61 Å². The van der Waals surface area contributed by atoms with E-state index in [9.17, 15) is 0 Å². The van der Waals surface area contributed by atoms with Crippen molar-refractivity contribution in [3.63, 3.8) is 0 Å². The van der Waals surface area contributed by atoms with Crippen LogP contribution in [0, 0.1) is 6.92 Å². The average Bonchev–Trinajstić information content (AvgIpc) is 2.03. The summed E-state index contributed by atoms with van der Waals surface area (Å²) in [5.74, 6) is 0. The van der Waals surface area contributed by atoms with Gasteiger partial charge in [0, 0.05) is 5.02 Å². The standard InChI is InChI=1S/C10H11ClO/c1-8-7-10(11)5-4-9(8)3-2-6-12/h2-5,7,12H,6H2,1H3/b3-2+. The number of halogens is 1. The number of aliphatic hydroxyl groups is 1. The molecular formula is C10H11ClO. The lowest BCUT2D eigenvalue weighted by atomic mass is 10.1. The van der Waals surface area contributed by atoms with Crippen LogP contribution in [0.5, 0.6) is 0 Å². The van der Waals surface area contributed by atoms with Crippen LogP contribution < -0.4 is 0 Å². The first-order valence-corrected chi connectivity index (χ1v) is 4.15. The van der Waals surface area contributed by atoms with Crippen LogP contribution >= 0.6 is 11.6 Å². The summed E-state index contributed by atoms with van der Waals surface area (Å²) in [6, 6.07) is 5.67. The highest BCUT2D eigenvalue weighted by Crippen LogP contribution is 2.15. The third kappa shape index (κ3) is 2.36. The third-order valence-corrected chi connectivity index (χ3v) is 1.87. The molecule has 0 spiro atoms. The van der Waals surface area contributed by atoms with Crippen LogP contribution in [-0.4, -0.2) is 11.7 Å². The normalized spacial score (nSPS) is 10.9. The molecule has 0 saturated heterocycles. The molecule has 0 aliphatic rings. The molecule has 1 nitrogen and oxygen atoms in total. The van der Waals surface area contributed by atoms with E-state index in [2.05, 4.69) is 0 Å². The van der Waals surface area contributed by atoms with Gasteiger partial charge < -0.3 is 5.11 Å². The summed E-state index contributed by atoms with van der Waals surface area (Å²) in [4.78, 5) is 0. The molecule has 2 heteroatoms. The fraction of sp³-hybridized carbons (Fsp3) is 0.200. The fourth-order valence-electron chi connectivity index (χ4n) is 1.01. The minimum Gasteiger partial charge on any atom is -0.392 e. The molecule has 0 aliphatic carbocycles. The molecule has 0 saturated carbocycles. The summed E-state index contributed by atoms with van der Waals surface area (Å²) < 4.78 is 0. The van der Waals surface area contributed by atoms with E-state index in [1.54, 1.807) is 6.08 Å². The van der Waals surface area contributed by atoms with E-state index in [4.69, 9.17) is 16.7 Å². The Balaban J connectivity index is 2.94. The zero-order valence-corrected chi connectivity index (χ0v) is 7.67. The summed E-state index contributed by atoms with van der Waals surface area (Å²) in [6.45, 7) is 2.06. The highest BCUT2D eigenvalue weighted by Gasteiger charge is 1.93. The lowest BCUT2D eigenvalue weighted by Crippen LogP contribution is -1.80. The Morgan fingerprint density at radius 1 is 1.50 bits per heavy atom. The van der Waals surface area contributed by atoms with Crippen molar-refractivity contribution in [3.8, 4) is 0 Å². The Bertz CT molecular complexity index is 292.